The molecule has 37 heavy (non-hydrogen) atoms. The standard InChI is InChI=1S/C24H25ClFN7O3S/c1-14-6-5-7-20(30-14)24-32-31-21(33(24)15(2)17-8-19(26)12-27-9-17)13-37(34,35)16(3)22(36-4)23-28-10-18(25)11-29-23/h5-12,15-16,22H,13H2,1-4H3/t15-,16-,22-/m0/s1. The van der Waals surface area contributed by atoms with Gasteiger partial charge in [-0.1, -0.05) is 17.7 Å². The molecule has 0 aromatic carbocycles. The van der Waals surface area contributed by atoms with E-state index in [9.17, 15) is 12.8 Å². The van der Waals surface area contributed by atoms with E-state index in [1.165, 1.54) is 38.7 Å². The summed E-state index contributed by atoms with van der Waals surface area (Å²) in [5, 5.41) is 7.78. The molecule has 0 spiro atoms. The van der Waals surface area contributed by atoms with E-state index in [1.54, 1.807) is 17.6 Å². The molecule has 0 N–H and O–H groups in total. The van der Waals surface area contributed by atoms with Crippen molar-refractivity contribution in [3.05, 3.63) is 82.8 Å². The van der Waals surface area contributed by atoms with E-state index in [1.807, 2.05) is 19.1 Å². The minimum absolute atomic E-state index is 0.161. The van der Waals surface area contributed by atoms with Gasteiger partial charge in [-0.3, -0.25) is 4.98 Å². The highest BCUT2D eigenvalue weighted by molar-refractivity contribution is 7.91. The van der Waals surface area contributed by atoms with Crippen molar-refractivity contribution >= 4 is 21.4 Å². The van der Waals surface area contributed by atoms with Crippen LogP contribution in [0.5, 0.6) is 0 Å². The zero-order chi connectivity index (χ0) is 26.7. The summed E-state index contributed by atoms with van der Waals surface area (Å²) < 4.78 is 48.2. The number of nitrogens with zero attached hydrogens (tertiary/aromatic N) is 7. The van der Waals surface area contributed by atoms with Crippen LogP contribution in [-0.2, 0) is 20.3 Å². The maximum Gasteiger partial charge on any atom is 0.183 e. The van der Waals surface area contributed by atoms with Crippen molar-refractivity contribution in [2.75, 3.05) is 7.11 Å². The lowest BCUT2D eigenvalue weighted by atomic mass is 10.1. The highest BCUT2D eigenvalue weighted by atomic mass is 35.5. The van der Waals surface area contributed by atoms with E-state index in [-0.39, 0.29) is 11.6 Å². The maximum absolute atomic E-state index is 14.0. The quantitative estimate of drug-likeness (QED) is 0.307. The van der Waals surface area contributed by atoms with Crippen LogP contribution in [0.4, 0.5) is 4.39 Å². The largest absolute Gasteiger partial charge is 0.372 e. The second-order valence-corrected chi connectivity index (χ2v) is 11.3. The molecule has 0 saturated carbocycles. The third kappa shape index (κ3) is 5.81. The number of hydrogen-bond acceptors (Lipinski definition) is 9. The molecule has 4 rings (SSSR count). The van der Waals surface area contributed by atoms with Gasteiger partial charge in [-0.2, -0.15) is 0 Å². The molecule has 0 aliphatic heterocycles. The van der Waals surface area contributed by atoms with E-state index < -0.39 is 38.8 Å². The number of sulfone groups is 1. The third-order valence-corrected chi connectivity index (χ3v) is 8.19. The molecule has 0 bridgehead atoms. The van der Waals surface area contributed by atoms with Crippen molar-refractivity contribution in [3.63, 3.8) is 0 Å². The summed E-state index contributed by atoms with van der Waals surface area (Å²) >= 11 is 5.87. The molecule has 0 saturated heterocycles. The first-order valence-corrected chi connectivity index (χ1v) is 13.4. The van der Waals surface area contributed by atoms with E-state index in [4.69, 9.17) is 16.3 Å². The van der Waals surface area contributed by atoms with Crippen LogP contribution in [0.15, 0.2) is 49.1 Å². The van der Waals surface area contributed by atoms with Crippen molar-refractivity contribution in [2.45, 2.75) is 43.9 Å². The molecule has 4 aromatic rings. The van der Waals surface area contributed by atoms with Gasteiger partial charge in [0, 0.05) is 31.4 Å². The lowest BCUT2D eigenvalue weighted by Gasteiger charge is -2.23. The predicted octanol–water partition coefficient (Wildman–Crippen LogP) is 3.93. The molecule has 10 nitrogen and oxygen atoms in total. The highest BCUT2D eigenvalue weighted by Crippen LogP contribution is 2.30. The summed E-state index contributed by atoms with van der Waals surface area (Å²) in [5.41, 5.74) is 1.77. The molecular formula is C24H25ClFN7O3S. The van der Waals surface area contributed by atoms with Crippen LogP contribution >= 0.6 is 11.6 Å². The van der Waals surface area contributed by atoms with Crippen LogP contribution in [0.2, 0.25) is 5.02 Å². The molecule has 0 radical (unpaired) electrons. The smallest absolute Gasteiger partial charge is 0.183 e. The van der Waals surface area contributed by atoms with E-state index in [2.05, 4.69) is 30.1 Å². The fourth-order valence-corrected chi connectivity index (χ4v) is 5.48. The number of hydrogen-bond donors (Lipinski definition) is 0. The number of ether oxygens (including phenoxy) is 1. The predicted molar refractivity (Wildman–Crippen MR) is 135 cm³/mol. The summed E-state index contributed by atoms with van der Waals surface area (Å²) in [4.78, 5) is 16.7. The Morgan fingerprint density at radius 3 is 2.49 bits per heavy atom. The SMILES string of the molecule is CO[C@H](c1ncc(Cl)cn1)[C@H](C)S(=O)(=O)Cc1nnc(-c2cccc(C)n2)n1[C@@H](C)c1cncc(F)c1. The monoisotopic (exact) mass is 545 g/mol. The average Bonchev–Trinajstić information content (AvgIpc) is 3.27. The Morgan fingerprint density at radius 1 is 1.11 bits per heavy atom. The van der Waals surface area contributed by atoms with Crippen molar-refractivity contribution in [3.8, 4) is 11.5 Å². The number of rotatable bonds is 9. The molecule has 0 unspecified atom stereocenters. The molecule has 4 heterocycles. The Bertz CT molecular complexity index is 1500. The summed E-state index contributed by atoms with van der Waals surface area (Å²) in [7, 11) is -2.49. The average molecular weight is 546 g/mol. The number of methoxy groups -OCH3 is 1. The molecule has 4 aromatic heterocycles. The summed E-state index contributed by atoms with van der Waals surface area (Å²) in [6, 6.07) is 6.20. The summed E-state index contributed by atoms with van der Waals surface area (Å²) in [5.74, 6) is -0.279. The van der Waals surface area contributed by atoms with Gasteiger partial charge in [0.05, 0.1) is 22.5 Å². The molecule has 0 aliphatic carbocycles. The normalized spacial score (nSPS) is 14.3. The Hall–Kier alpha value is -3.35. The molecular weight excluding hydrogens is 521 g/mol. The summed E-state index contributed by atoms with van der Waals surface area (Å²) in [6.45, 7) is 5.14. The van der Waals surface area contributed by atoms with Crippen LogP contribution in [0.1, 0.15) is 48.9 Å². The Morgan fingerprint density at radius 2 is 1.84 bits per heavy atom. The van der Waals surface area contributed by atoms with Crippen molar-refractivity contribution in [1.29, 1.82) is 0 Å². The fraction of sp³-hybridized carbons (Fsp3) is 0.333. The first-order valence-electron chi connectivity index (χ1n) is 11.3. The fourth-order valence-electron chi connectivity index (χ4n) is 3.95. The van der Waals surface area contributed by atoms with Gasteiger partial charge in [-0.25, -0.2) is 27.8 Å². The van der Waals surface area contributed by atoms with Crippen LogP contribution in [0.3, 0.4) is 0 Å². The number of halogens is 2. The van der Waals surface area contributed by atoms with Gasteiger partial charge >= 0.3 is 0 Å². The van der Waals surface area contributed by atoms with Gasteiger partial charge in [0.25, 0.3) is 0 Å². The topological polar surface area (TPSA) is 126 Å². The highest BCUT2D eigenvalue weighted by Gasteiger charge is 2.35. The van der Waals surface area contributed by atoms with Gasteiger partial charge in [0.15, 0.2) is 21.5 Å². The maximum atomic E-state index is 14.0. The number of aryl methyl sites for hydroxylation is 1. The van der Waals surface area contributed by atoms with E-state index >= 15 is 0 Å². The van der Waals surface area contributed by atoms with E-state index in [0.29, 0.717) is 22.1 Å². The molecule has 13 heteroatoms. The molecule has 194 valence electrons. The minimum Gasteiger partial charge on any atom is -0.372 e. The van der Waals surface area contributed by atoms with Gasteiger partial charge in [0.1, 0.15) is 29.2 Å². The van der Waals surface area contributed by atoms with Gasteiger partial charge in [-0.15, -0.1) is 10.2 Å². The number of pyridine rings is 2. The zero-order valence-electron chi connectivity index (χ0n) is 20.6. The third-order valence-electron chi connectivity index (χ3n) is 5.95. The van der Waals surface area contributed by atoms with Crippen molar-refractivity contribution < 1.29 is 17.5 Å². The van der Waals surface area contributed by atoms with Crippen molar-refractivity contribution in [2.24, 2.45) is 0 Å². The first-order chi connectivity index (χ1) is 17.6. The summed E-state index contributed by atoms with van der Waals surface area (Å²) in [6.07, 6.45) is 4.42. The molecule has 0 amide bonds. The second kappa shape index (κ2) is 11.0. The van der Waals surface area contributed by atoms with Gasteiger partial charge in [-0.05, 0) is 44.5 Å². The second-order valence-electron chi connectivity index (χ2n) is 8.51. The van der Waals surface area contributed by atoms with Gasteiger partial charge < -0.3 is 9.30 Å². The Balaban J connectivity index is 1.75. The van der Waals surface area contributed by atoms with Gasteiger partial charge in [0.2, 0.25) is 0 Å². The lowest BCUT2D eigenvalue weighted by Crippen LogP contribution is -2.30. The van der Waals surface area contributed by atoms with Crippen molar-refractivity contribution in [1.82, 2.24) is 34.7 Å². The van der Waals surface area contributed by atoms with Crippen LogP contribution in [-0.4, -0.2) is 55.5 Å². The molecule has 0 fully saturated rings. The van der Waals surface area contributed by atoms with Crippen LogP contribution < -0.4 is 0 Å². The Labute approximate surface area is 218 Å². The number of aromatic nitrogens is 7. The molecule has 0 aliphatic rings. The lowest BCUT2D eigenvalue weighted by molar-refractivity contribution is 0.0948. The minimum atomic E-state index is -3.88. The first kappa shape index (κ1) is 26.7. The zero-order valence-corrected chi connectivity index (χ0v) is 22.1. The van der Waals surface area contributed by atoms with Crippen LogP contribution in [0.25, 0.3) is 11.5 Å². The molecule has 3 atom stereocenters. The Kier molecular flexibility index (Phi) is 7.90. The van der Waals surface area contributed by atoms with E-state index in [0.717, 1.165) is 11.9 Å². The van der Waals surface area contributed by atoms with Crippen LogP contribution in [0, 0.1) is 12.7 Å².